The molecule has 0 bridgehead atoms. The number of guanidine groups is 1. The summed E-state index contributed by atoms with van der Waals surface area (Å²) in [4.78, 5) is 16.4. The van der Waals surface area contributed by atoms with E-state index in [1.807, 2.05) is 37.3 Å². The maximum atomic E-state index is 13.8. The molecule has 1 fully saturated rings. The van der Waals surface area contributed by atoms with Crippen molar-refractivity contribution < 1.29 is 9.18 Å². The molecule has 0 radical (unpaired) electrons. The lowest BCUT2D eigenvalue weighted by molar-refractivity contribution is -0.122. The van der Waals surface area contributed by atoms with Crippen molar-refractivity contribution in [2.45, 2.75) is 45.7 Å². The third kappa shape index (κ3) is 5.56. The second-order valence-corrected chi connectivity index (χ2v) is 7.62. The Morgan fingerprint density at radius 2 is 2.03 bits per heavy atom. The first-order valence-electron chi connectivity index (χ1n) is 10.1. The first kappa shape index (κ1) is 20.8. The predicted octanol–water partition coefficient (Wildman–Crippen LogP) is 4.30. The van der Waals surface area contributed by atoms with Crippen LogP contribution in [0.5, 0.6) is 0 Å². The van der Waals surface area contributed by atoms with Crippen LogP contribution in [0.4, 0.5) is 10.1 Å². The fourth-order valence-corrected chi connectivity index (χ4v) is 3.22. The molecule has 2 aromatic carbocycles. The highest BCUT2D eigenvalue weighted by molar-refractivity contribution is 5.93. The Balaban J connectivity index is 1.55. The van der Waals surface area contributed by atoms with Gasteiger partial charge in [0, 0.05) is 25.2 Å². The van der Waals surface area contributed by atoms with Crippen LogP contribution in [0.2, 0.25) is 0 Å². The van der Waals surface area contributed by atoms with Gasteiger partial charge in [0.2, 0.25) is 5.91 Å². The van der Waals surface area contributed by atoms with Crippen LogP contribution in [0.25, 0.3) is 0 Å². The van der Waals surface area contributed by atoms with Gasteiger partial charge in [-0.1, -0.05) is 30.7 Å². The molecule has 2 aromatic rings. The zero-order valence-electron chi connectivity index (χ0n) is 17.3. The molecule has 1 atom stereocenters. The molecule has 0 saturated heterocycles. The van der Waals surface area contributed by atoms with Gasteiger partial charge in [-0.15, -0.1) is 0 Å². The standard InChI is InChI=1S/C23H29FN4O/c1-15-10-11-19(13-21(15)24)16(2)27-23(25-3)26-14-17-6-4-9-20(12-17)28-22(29)18-7-5-8-18/h4,6,9-13,16,18H,5,7-8,14H2,1-3H3,(H,28,29)(H2,25,26,27). The van der Waals surface area contributed by atoms with Gasteiger partial charge < -0.3 is 16.0 Å². The molecule has 0 heterocycles. The number of aliphatic imine (C=N–C) groups is 1. The van der Waals surface area contributed by atoms with Gasteiger partial charge in [-0.05, 0) is 61.6 Å². The van der Waals surface area contributed by atoms with Crippen LogP contribution in [-0.4, -0.2) is 18.9 Å². The zero-order valence-corrected chi connectivity index (χ0v) is 17.3. The Kier molecular flexibility index (Phi) is 6.86. The van der Waals surface area contributed by atoms with Gasteiger partial charge in [0.05, 0.1) is 6.04 Å². The average Bonchev–Trinajstić information content (AvgIpc) is 2.66. The summed E-state index contributed by atoms with van der Waals surface area (Å²) in [7, 11) is 1.70. The highest BCUT2D eigenvalue weighted by Crippen LogP contribution is 2.27. The van der Waals surface area contributed by atoms with E-state index in [1.165, 1.54) is 0 Å². The van der Waals surface area contributed by atoms with E-state index in [2.05, 4.69) is 20.9 Å². The summed E-state index contributed by atoms with van der Waals surface area (Å²) in [5.41, 5.74) is 3.34. The highest BCUT2D eigenvalue weighted by atomic mass is 19.1. The minimum atomic E-state index is -0.208. The molecule has 0 aromatic heterocycles. The Bertz CT molecular complexity index is 892. The average molecular weight is 397 g/mol. The highest BCUT2D eigenvalue weighted by Gasteiger charge is 2.25. The monoisotopic (exact) mass is 396 g/mol. The van der Waals surface area contributed by atoms with E-state index in [4.69, 9.17) is 0 Å². The van der Waals surface area contributed by atoms with Crippen LogP contribution in [0, 0.1) is 18.7 Å². The number of hydrogen-bond donors (Lipinski definition) is 3. The smallest absolute Gasteiger partial charge is 0.227 e. The number of anilines is 1. The summed E-state index contributed by atoms with van der Waals surface area (Å²) in [5, 5.41) is 9.55. The molecule has 5 nitrogen and oxygen atoms in total. The van der Waals surface area contributed by atoms with E-state index in [-0.39, 0.29) is 23.7 Å². The van der Waals surface area contributed by atoms with Crippen LogP contribution in [0.3, 0.4) is 0 Å². The minimum Gasteiger partial charge on any atom is -0.352 e. The lowest BCUT2D eigenvalue weighted by Crippen LogP contribution is -2.38. The quantitative estimate of drug-likeness (QED) is 0.504. The summed E-state index contributed by atoms with van der Waals surface area (Å²) in [6.07, 6.45) is 3.11. The zero-order chi connectivity index (χ0) is 20.8. The summed E-state index contributed by atoms with van der Waals surface area (Å²) < 4.78 is 13.8. The largest absolute Gasteiger partial charge is 0.352 e. The Hall–Kier alpha value is -2.89. The van der Waals surface area contributed by atoms with Gasteiger partial charge in [-0.2, -0.15) is 0 Å². The molecule has 1 saturated carbocycles. The lowest BCUT2D eigenvalue weighted by Gasteiger charge is -2.24. The molecule has 154 valence electrons. The number of halogens is 1. The van der Waals surface area contributed by atoms with Gasteiger partial charge in [0.1, 0.15) is 5.82 Å². The normalized spacial score (nSPS) is 15.4. The van der Waals surface area contributed by atoms with Crippen molar-refractivity contribution in [2.75, 3.05) is 12.4 Å². The maximum Gasteiger partial charge on any atom is 0.227 e. The molecular formula is C23H29FN4O. The first-order valence-corrected chi connectivity index (χ1v) is 10.1. The number of amides is 1. The first-order chi connectivity index (χ1) is 14.0. The Labute approximate surface area is 171 Å². The number of nitrogens with zero attached hydrogens (tertiary/aromatic N) is 1. The van der Waals surface area contributed by atoms with E-state index >= 15 is 0 Å². The van der Waals surface area contributed by atoms with Gasteiger partial charge in [-0.25, -0.2) is 4.39 Å². The molecule has 0 spiro atoms. The fourth-order valence-electron chi connectivity index (χ4n) is 3.22. The second kappa shape index (κ2) is 9.54. The van der Waals surface area contributed by atoms with Crippen molar-refractivity contribution in [1.82, 2.24) is 10.6 Å². The summed E-state index contributed by atoms with van der Waals surface area (Å²) in [5.74, 6) is 0.688. The van der Waals surface area contributed by atoms with E-state index in [9.17, 15) is 9.18 Å². The van der Waals surface area contributed by atoms with Gasteiger partial charge >= 0.3 is 0 Å². The number of aryl methyl sites for hydroxylation is 1. The van der Waals surface area contributed by atoms with Crippen LogP contribution >= 0.6 is 0 Å². The van der Waals surface area contributed by atoms with Gasteiger partial charge in [0.15, 0.2) is 5.96 Å². The number of hydrogen-bond acceptors (Lipinski definition) is 2. The Morgan fingerprint density at radius 1 is 1.24 bits per heavy atom. The van der Waals surface area contributed by atoms with E-state index in [0.29, 0.717) is 18.1 Å². The number of rotatable bonds is 6. The Morgan fingerprint density at radius 3 is 2.69 bits per heavy atom. The van der Waals surface area contributed by atoms with Crippen LogP contribution in [0.1, 0.15) is 48.9 Å². The topological polar surface area (TPSA) is 65.5 Å². The minimum absolute atomic E-state index is 0.0931. The fraction of sp³-hybridized carbons (Fsp3) is 0.391. The molecule has 1 amide bonds. The van der Waals surface area contributed by atoms with Crippen LogP contribution in [0.15, 0.2) is 47.5 Å². The van der Waals surface area contributed by atoms with Crippen LogP contribution in [-0.2, 0) is 11.3 Å². The van der Waals surface area contributed by atoms with Crippen molar-refractivity contribution in [3.63, 3.8) is 0 Å². The summed E-state index contributed by atoms with van der Waals surface area (Å²) >= 11 is 0. The molecule has 29 heavy (non-hydrogen) atoms. The van der Waals surface area contributed by atoms with Crippen molar-refractivity contribution in [2.24, 2.45) is 10.9 Å². The van der Waals surface area contributed by atoms with Gasteiger partial charge in [-0.3, -0.25) is 9.79 Å². The number of carbonyl (C=O) groups excluding carboxylic acids is 1. The molecule has 6 heteroatoms. The third-order valence-corrected chi connectivity index (χ3v) is 5.40. The summed E-state index contributed by atoms with van der Waals surface area (Å²) in [6, 6.07) is 13.0. The van der Waals surface area contributed by atoms with Crippen molar-refractivity contribution in [3.8, 4) is 0 Å². The maximum absolute atomic E-state index is 13.8. The molecule has 3 N–H and O–H groups in total. The van der Waals surface area contributed by atoms with Crippen molar-refractivity contribution in [3.05, 3.63) is 65.0 Å². The number of carbonyl (C=O) groups is 1. The number of benzene rings is 2. The molecule has 1 unspecified atom stereocenters. The van der Waals surface area contributed by atoms with Crippen LogP contribution < -0.4 is 16.0 Å². The molecule has 1 aliphatic carbocycles. The third-order valence-electron chi connectivity index (χ3n) is 5.40. The van der Waals surface area contributed by atoms with Crippen molar-refractivity contribution in [1.29, 1.82) is 0 Å². The summed E-state index contributed by atoms with van der Waals surface area (Å²) in [6.45, 7) is 4.27. The SMILES string of the molecule is CN=C(NCc1cccc(NC(=O)C2CCC2)c1)NC(C)c1ccc(C)c(F)c1. The van der Waals surface area contributed by atoms with E-state index < -0.39 is 0 Å². The lowest BCUT2D eigenvalue weighted by atomic mass is 9.85. The van der Waals surface area contributed by atoms with E-state index in [0.717, 1.165) is 36.1 Å². The number of nitrogens with one attached hydrogen (secondary N) is 3. The van der Waals surface area contributed by atoms with Gasteiger partial charge in [0.25, 0.3) is 0 Å². The molecule has 3 rings (SSSR count). The second-order valence-electron chi connectivity index (χ2n) is 7.62. The van der Waals surface area contributed by atoms with Crippen molar-refractivity contribution >= 4 is 17.6 Å². The molecule has 1 aliphatic rings. The molecular weight excluding hydrogens is 367 g/mol. The van der Waals surface area contributed by atoms with E-state index in [1.54, 1.807) is 26.1 Å². The molecule has 0 aliphatic heterocycles. The predicted molar refractivity (Wildman–Crippen MR) is 115 cm³/mol.